The van der Waals surface area contributed by atoms with Crippen molar-refractivity contribution in [1.29, 1.82) is 0 Å². The molecule has 1 N–H and O–H groups in total. The van der Waals surface area contributed by atoms with Crippen LogP contribution in [0, 0.1) is 6.92 Å². The zero-order valence-electron chi connectivity index (χ0n) is 10.9. The van der Waals surface area contributed by atoms with E-state index in [2.05, 4.69) is 49.2 Å². The first-order chi connectivity index (χ1) is 8.75. The molecule has 18 heavy (non-hydrogen) atoms. The van der Waals surface area contributed by atoms with Crippen molar-refractivity contribution in [3.05, 3.63) is 47.0 Å². The molecule has 3 aromatic rings. The van der Waals surface area contributed by atoms with E-state index in [1.807, 2.05) is 0 Å². The van der Waals surface area contributed by atoms with Crippen molar-refractivity contribution >= 4 is 21.8 Å². The van der Waals surface area contributed by atoms with E-state index in [4.69, 9.17) is 0 Å². The van der Waals surface area contributed by atoms with Crippen molar-refractivity contribution in [2.45, 2.75) is 32.6 Å². The number of aryl methyl sites for hydroxylation is 1. The first-order valence-electron chi connectivity index (χ1n) is 6.78. The number of fused-ring (bicyclic) bond motifs is 5. The summed E-state index contributed by atoms with van der Waals surface area (Å²) in [5.41, 5.74) is 7.26. The van der Waals surface area contributed by atoms with Gasteiger partial charge in [-0.25, -0.2) is 0 Å². The number of aromatic nitrogens is 1. The zero-order valence-corrected chi connectivity index (χ0v) is 10.9. The molecule has 0 aliphatic heterocycles. The fraction of sp³-hybridized carbons (Fsp3) is 0.294. The highest BCUT2D eigenvalue weighted by atomic mass is 14.7. The van der Waals surface area contributed by atoms with E-state index in [-0.39, 0.29) is 0 Å². The van der Waals surface area contributed by atoms with Gasteiger partial charge in [0.1, 0.15) is 0 Å². The molecule has 1 aliphatic carbocycles. The van der Waals surface area contributed by atoms with E-state index >= 15 is 0 Å². The maximum absolute atomic E-state index is 3.64. The Kier molecular flexibility index (Phi) is 1.91. The molecule has 1 atom stereocenters. The first kappa shape index (κ1) is 10.2. The fourth-order valence-electron chi connectivity index (χ4n) is 3.57. The molecular weight excluding hydrogens is 218 g/mol. The van der Waals surface area contributed by atoms with Crippen molar-refractivity contribution in [1.82, 2.24) is 4.98 Å². The number of hydrogen-bond donors (Lipinski definition) is 1. The van der Waals surface area contributed by atoms with Crippen LogP contribution in [0.1, 0.15) is 36.0 Å². The molecule has 0 saturated carbocycles. The number of nitrogens with one attached hydrogen (secondary N) is 1. The van der Waals surface area contributed by atoms with Crippen LogP contribution in [0.4, 0.5) is 0 Å². The van der Waals surface area contributed by atoms with Gasteiger partial charge in [-0.3, -0.25) is 0 Å². The van der Waals surface area contributed by atoms with Gasteiger partial charge in [0.25, 0.3) is 0 Å². The first-order valence-corrected chi connectivity index (χ1v) is 6.78. The number of aromatic amines is 1. The van der Waals surface area contributed by atoms with E-state index in [9.17, 15) is 0 Å². The quantitative estimate of drug-likeness (QED) is 0.582. The molecule has 4 rings (SSSR count). The van der Waals surface area contributed by atoms with Gasteiger partial charge in [0.2, 0.25) is 0 Å². The Labute approximate surface area is 107 Å². The molecule has 0 spiro atoms. The van der Waals surface area contributed by atoms with Crippen molar-refractivity contribution < 1.29 is 0 Å². The smallest absolute Gasteiger partial charge is 0.0503 e. The summed E-state index contributed by atoms with van der Waals surface area (Å²) in [6, 6.07) is 11.0. The second-order valence-corrected chi connectivity index (χ2v) is 5.62. The summed E-state index contributed by atoms with van der Waals surface area (Å²) < 4.78 is 0. The van der Waals surface area contributed by atoms with E-state index in [0.717, 1.165) is 0 Å². The molecule has 1 heterocycles. The Morgan fingerprint density at radius 2 is 2.00 bits per heavy atom. The molecule has 1 unspecified atom stereocenters. The molecule has 0 bridgehead atoms. The van der Waals surface area contributed by atoms with Crippen LogP contribution >= 0.6 is 0 Å². The molecule has 2 aromatic carbocycles. The molecular formula is C17H17N. The van der Waals surface area contributed by atoms with Crippen molar-refractivity contribution in [3.63, 3.8) is 0 Å². The van der Waals surface area contributed by atoms with Gasteiger partial charge in [-0.1, -0.05) is 25.1 Å². The molecule has 0 saturated heterocycles. The van der Waals surface area contributed by atoms with Gasteiger partial charge >= 0.3 is 0 Å². The van der Waals surface area contributed by atoms with E-state index in [0.29, 0.717) is 5.92 Å². The maximum atomic E-state index is 3.64. The van der Waals surface area contributed by atoms with Crippen LogP contribution in [0.5, 0.6) is 0 Å². The normalized spacial score (nSPS) is 18.7. The van der Waals surface area contributed by atoms with Crippen molar-refractivity contribution in [3.8, 4) is 0 Å². The highest BCUT2D eigenvalue weighted by Gasteiger charge is 2.24. The summed E-state index contributed by atoms with van der Waals surface area (Å²) in [6.45, 7) is 4.62. The Balaban J connectivity index is 2.24. The number of para-hydroxylation sites is 1. The Morgan fingerprint density at radius 1 is 1.17 bits per heavy atom. The SMILES string of the molecule is Cc1cc2c([nH]c3ccccc32)c2c1CCC2C. The summed E-state index contributed by atoms with van der Waals surface area (Å²) in [5.74, 6) is 0.690. The lowest BCUT2D eigenvalue weighted by Crippen LogP contribution is -1.91. The van der Waals surface area contributed by atoms with Crippen LogP contribution in [0.3, 0.4) is 0 Å². The second-order valence-electron chi connectivity index (χ2n) is 5.62. The number of benzene rings is 2. The molecule has 90 valence electrons. The molecule has 1 aromatic heterocycles. The minimum Gasteiger partial charge on any atom is -0.354 e. The van der Waals surface area contributed by atoms with E-state index in [1.165, 1.54) is 40.2 Å². The van der Waals surface area contributed by atoms with Gasteiger partial charge in [0.15, 0.2) is 0 Å². The minimum absolute atomic E-state index is 0.690. The third kappa shape index (κ3) is 1.17. The second kappa shape index (κ2) is 3.38. The largest absolute Gasteiger partial charge is 0.354 e. The van der Waals surface area contributed by atoms with E-state index in [1.54, 1.807) is 11.1 Å². The molecule has 0 amide bonds. The van der Waals surface area contributed by atoms with Crippen LogP contribution < -0.4 is 0 Å². The summed E-state index contributed by atoms with van der Waals surface area (Å²) in [7, 11) is 0. The summed E-state index contributed by atoms with van der Waals surface area (Å²) in [6.07, 6.45) is 2.54. The zero-order chi connectivity index (χ0) is 12.3. The molecule has 1 nitrogen and oxygen atoms in total. The summed E-state index contributed by atoms with van der Waals surface area (Å²) >= 11 is 0. The Hall–Kier alpha value is -1.76. The van der Waals surface area contributed by atoms with E-state index < -0.39 is 0 Å². The van der Waals surface area contributed by atoms with Crippen LogP contribution in [0.25, 0.3) is 21.8 Å². The van der Waals surface area contributed by atoms with Gasteiger partial charge < -0.3 is 4.98 Å². The third-order valence-corrected chi connectivity index (χ3v) is 4.50. The number of hydrogen-bond acceptors (Lipinski definition) is 0. The Morgan fingerprint density at radius 3 is 2.89 bits per heavy atom. The molecule has 1 heteroatoms. The van der Waals surface area contributed by atoms with Crippen LogP contribution in [0.15, 0.2) is 30.3 Å². The average Bonchev–Trinajstić information content (AvgIpc) is 2.92. The Bertz CT molecular complexity index is 764. The van der Waals surface area contributed by atoms with Crippen LogP contribution in [0.2, 0.25) is 0 Å². The van der Waals surface area contributed by atoms with Crippen LogP contribution in [-0.2, 0) is 6.42 Å². The van der Waals surface area contributed by atoms with Gasteiger partial charge in [-0.05, 0) is 54.5 Å². The highest BCUT2D eigenvalue weighted by molar-refractivity contribution is 6.09. The van der Waals surface area contributed by atoms with Gasteiger partial charge in [0, 0.05) is 16.3 Å². The van der Waals surface area contributed by atoms with Crippen molar-refractivity contribution in [2.75, 3.05) is 0 Å². The fourth-order valence-corrected chi connectivity index (χ4v) is 3.57. The average molecular weight is 235 g/mol. The highest BCUT2D eigenvalue weighted by Crippen LogP contribution is 2.41. The third-order valence-electron chi connectivity index (χ3n) is 4.50. The standard InChI is InChI=1S/C17H17N/c1-10-7-8-12-11(2)9-14-13-5-3-4-6-15(13)18-17(14)16(10)12/h3-6,9-10,18H,7-8H2,1-2H3. The summed E-state index contributed by atoms with van der Waals surface area (Å²) in [4.78, 5) is 3.64. The molecule has 0 radical (unpaired) electrons. The monoisotopic (exact) mass is 235 g/mol. The van der Waals surface area contributed by atoms with Gasteiger partial charge in [0.05, 0.1) is 5.52 Å². The van der Waals surface area contributed by atoms with Crippen molar-refractivity contribution in [2.24, 2.45) is 0 Å². The lowest BCUT2D eigenvalue weighted by molar-refractivity contribution is 0.749. The lowest BCUT2D eigenvalue weighted by atomic mass is 9.96. The topological polar surface area (TPSA) is 15.8 Å². The number of rotatable bonds is 0. The lowest BCUT2D eigenvalue weighted by Gasteiger charge is -2.09. The number of H-pyrrole nitrogens is 1. The predicted molar refractivity (Wildman–Crippen MR) is 77.3 cm³/mol. The van der Waals surface area contributed by atoms with Crippen LogP contribution in [-0.4, -0.2) is 4.98 Å². The minimum atomic E-state index is 0.690. The predicted octanol–water partition coefficient (Wildman–Crippen LogP) is 4.68. The van der Waals surface area contributed by atoms with Gasteiger partial charge in [-0.15, -0.1) is 0 Å². The molecule has 0 fully saturated rings. The maximum Gasteiger partial charge on any atom is 0.0503 e. The summed E-state index contributed by atoms with van der Waals surface area (Å²) in [5, 5.41) is 2.76. The van der Waals surface area contributed by atoms with Gasteiger partial charge in [-0.2, -0.15) is 0 Å². The molecule has 1 aliphatic rings.